The van der Waals surface area contributed by atoms with Gasteiger partial charge in [-0.1, -0.05) is 13.8 Å². The molecule has 0 unspecified atom stereocenters. The molecule has 1 amide bonds. The van der Waals surface area contributed by atoms with Crippen LogP contribution >= 0.6 is 0 Å². The summed E-state index contributed by atoms with van der Waals surface area (Å²) < 4.78 is 2.27. The van der Waals surface area contributed by atoms with Crippen LogP contribution in [0.2, 0.25) is 0 Å². The summed E-state index contributed by atoms with van der Waals surface area (Å²) in [4.78, 5) is 22.7. The average Bonchev–Trinajstić information content (AvgIpc) is 2.86. The van der Waals surface area contributed by atoms with Crippen LogP contribution in [0.4, 0.5) is 5.82 Å². The fourth-order valence-electron chi connectivity index (χ4n) is 3.46. The number of amides is 1. The lowest BCUT2D eigenvalue weighted by molar-refractivity contribution is -0.128. The van der Waals surface area contributed by atoms with Crippen molar-refractivity contribution in [1.29, 1.82) is 0 Å². The standard InChI is InChI=1S/C18H27N5O/c1-11(2)9-23-15(10-22(4)12(3)24)21-16-17(23)13-7-5-6-8-14(13)20-18(16)19/h11H,5-10H2,1-4H3,(H2,19,20). The average molecular weight is 329 g/mol. The van der Waals surface area contributed by atoms with E-state index in [-0.39, 0.29) is 5.91 Å². The SMILES string of the molecule is CC(=O)N(C)Cc1nc2c(N)nc3c(c2n1CC(C)C)CCCC3. The molecule has 0 aromatic carbocycles. The van der Waals surface area contributed by atoms with E-state index in [4.69, 9.17) is 10.7 Å². The van der Waals surface area contributed by atoms with Crippen molar-refractivity contribution in [2.24, 2.45) is 5.92 Å². The maximum atomic E-state index is 11.6. The van der Waals surface area contributed by atoms with E-state index in [0.717, 1.165) is 41.9 Å². The minimum atomic E-state index is 0.0336. The van der Waals surface area contributed by atoms with Gasteiger partial charge in [-0.25, -0.2) is 9.97 Å². The zero-order valence-electron chi connectivity index (χ0n) is 15.1. The molecule has 0 saturated carbocycles. The van der Waals surface area contributed by atoms with Gasteiger partial charge in [0.1, 0.15) is 11.3 Å². The van der Waals surface area contributed by atoms with Gasteiger partial charge in [0.05, 0.1) is 12.1 Å². The molecule has 0 fully saturated rings. The minimum absolute atomic E-state index is 0.0336. The second kappa shape index (κ2) is 6.42. The van der Waals surface area contributed by atoms with E-state index < -0.39 is 0 Å². The van der Waals surface area contributed by atoms with Gasteiger partial charge < -0.3 is 15.2 Å². The Morgan fingerprint density at radius 1 is 1.29 bits per heavy atom. The van der Waals surface area contributed by atoms with Crippen LogP contribution in [-0.2, 0) is 30.7 Å². The van der Waals surface area contributed by atoms with Crippen LogP contribution in [0, 0.1) is 5.92 Å². The summed E-state index contributed by atoms with van der Waals surface area (Å²) in [5.74, 6) is 1.92. The van der Waals surface area contributed by atoms with Gasteiger partial charge in [0.15, 0.2) is 5.82 Å². The first-order valence-corrected chi connectivity index (χ1v) is 8.76. The number of aromatic nitrogens is 3. The van der Waals surface area contributed by atoms with Crippen LogP contribution in [0.1, 0.15) is 50.7 Å². The highest BCUT2D eigenvalue weighted by molar-refractivity contribution is 5.89. The molecule has 1 aliphatic rings. The van der Waals surface area contributed by atoms with Gasteiger partial charge in [-0.2, -0.15) is 0 Å². The fourth-order valence-corrected chi connectivity index (χ4v) is 3.46. The zero-order valence-corrected chi connectivity index (χ0v) is 15.1. The van der Waals surface area contributed by atoms with E-state index in [9.17, 15) is 4.79 Å². The third-order valence-corrected chi connectivity index (χ3v) is 4.73. The molecule has 2 heterocycles. The van der Waals surface area contributed by atoms with Crippen molar-refractivity contribution in [3.8, 4) is 0 Å². The first-order valence-electron chi connectivity index (χ1n) is 8.76. The summed E-state index contributed by atoms with van der Waals surface area (Å²) in [6.45, 7) is 7.33. The molecule has 2 aromatic rings. The Kier molecular flexibility index (Phi) is 4.47. The Morgan fingerprint density at radius 2 is 2.00 bits per heavy atom. The number of rotatable bonds is 4. The van der Waals surface area contributed by atoms with Crippen LogP contribution in [0.25, 0.3) is 11.0 Å². The molecule has 6 heteroatoms. The number of nitrogen functional groups attached to an aromatic ring is 1. The van der Waals surface area contributed by atoms with E-state index in [2.05, 4.69) is 23.4 Å². The summed E-state index contributed by atoms with van der Waals surface area (Å²) in [5, 5.41) is 0. The molecule has 6 nitrogen and oxygen atoms in total. The van der Waals surface area contributed by atoms with Gasteiger partial charge in [-0.15, -0.1) is 0 Å². The van der Waals surface area contributed by atoms with Gasteiger partial charge in [0.25, 0.3) is 0 Å². The number of nitrogens with two attached hydrogens (primary N) is 1. The van der Waals surface area contributed by atoms with Crippen molar-refractivity contribution in [3.63, 3.8) is 0 Å². The fraction of sp³-hybridized carbons (Fsp3) is 0.611. The van der Waals surface area contributed by atoms with Crippen LogP contribution in [-0.4, -0.2) is 32.4 Å². The van der Waals surface area contributed by atoms with Gasteiger partial charge in [0.2, 0.25) is 5.91 Å². The third-order valence-electron chi connectivity index (χ3n) is 4.73. The largest absolute Gasteiger partial charge is 0.382 e. The number of aryl methyl sites for hydroxylation is 2. The van der Waals surface area contributed by atoms with Crippen molar-refractivity contribution in [3.05, 3.63) is 17.1 Å². The Balaban J connectivity index is 2.20. The summed E-state index contributed by atoms with van der Waals surface area (Å²) in [6, 6.07) is 0. The number of fused-ring (bicyclic) bond motifs is 3. The first-order chi connectivity index (χ1) is 11.4. The predicted molar refractivity (Wildman–Crippen MR) is 95.6 cm³/mol. The Labute approximate surface area is 143 Å². The molecule has 2 aromatic heterocycles. The number of pyridine rings is 1. The van der Waals surface area contributed by atoms with Gasteiger partial charge >= 0.3 is 0 Å². The van der Waals surface area contributed by atoms with E-state index in [0.29, 0.717) is 18.3 Å². The van der Waals surface area contributed by atoms with Crippen LogP contribution in [0.3, 0.4) is 0 Å². The molecule has 0 spiro atoms. The van der Waals surface area contributed by atoms with Crippen LogP contribution in [0.5, 0.6) is 0 Å². The Bertz CT molecular complexity index is 778. The number of hydrogen-bond acceptors (Lipinski definition) is 4. The number of hydrogen-bond donors (Lipinski definition) is 1. The highest BCUT2D eigenvalue weighted by atomic mass is 16.2. The molecule has 0 bridgehead atoms. The Hall–Kier alpha value is -2.11. The molecule has 1 aliphatic carbocycles. The maximum absolute atomic E-state index is 11.6. The molecule has 0 saturated heterocycles. The smallest absolute Gasteiger partial charge is 0.219 e. The third kappa shape index (κ3) is 2.97. The lowest BCUT2D eigenvalue weighted by atomic mass is 9.94. The summed E-state index contributed by atoms with van der Waals surface area (Å²) in [7, 11) is 1.80. The van der Waals surface area contributed by atoms with Crippen LogP contribution in [0.15, 0.2) is 0 Å². The highest BCUT2D eigenvalue weighted by Gasteiger charge is 2.23. The minimum Gasteiger partial charge on any atom is -0.382 e. The van der Waals surface area contributed by atoms with Gasteiger partial charge in [0, 0.05) is 26.2 Å². The molecule has 3 rings (SSSR count). The number of nitrogens with zero attached hydrogens (tertiary/aromatic N) is 4. The van der Waals surface area contributed by atoms with Crippen molar-refractivity contribution >= 4 is 22.8 Å². The van der Waals surface area contributed by atoms with Crippen molar-refractivity contribution in [1.82, 2.24) is 19.4 Å². The predicted octanol–water partition coefficient (Wildman–Crippen LogP) is 2.53. The zero-order chi connectivity index (χ0) is 17.4. The molecular weight excluding hydrogens is 302 g/mol. The van der Waals surface area contributed by atoms with Crippen LogP contribution < -0.4 is 5.73 Å². The molecule has 2 N–H and O–H groups in total. The molecular formula is C18H27N5O. The molecule has 130 valence electrons. The topological polar surface area (TPSA) is 77.0 Å². The monoisotopic (exact) mass is 329 g/mol. The van der Waals surface area contributed by atoms with Crippen molar-refractivity contribution in [2.45, 2.75) is 59.5 Å². The lowest BCUT2D eigenvalue weighted by Gasteiger charge is -2.20. The maximum Gasteiger partial charge on any atom is 0.219 e. The number of imidazole rings is 1. The second-order valence-electron chi connectivity index (χ2n) is 7.23. The van der Waals surface area contributed by atoms with Crippen molar-refractivity contribution < 1.29 is 4.79 Å². The van der Waals surface area contributed by atoms with Crippen molar-refractivity contribution in [2.75, 3.05) is 12.8 Å². The second-order valence-corrected chi connectivity index (χ2v) is 7.23. The summed E-state index contributed by atoms with van der Waals surface area (Å²) in [6.07, 6.45) is 4.38. The number of carbonyl (C=O) groups excluding carboxylic acids is 1. The van der Waals surface area contributed by atoms with E-state index in [1.54, 1.807) is 18.9 Å². The van der Waals surface area contributed by atoms with E-state index in [1.807, 2.05) is 0 Å². The summed E-state index contributed by atoms with van der Waals surface area (Å²) >= 11 is 0. The quantitative estimate of drug-likeness (QED) is 0.935. The number of carbonyl (C=O) groups is 1. The van der Waals surface area contributed by atoms with E-state index in [1.165, 1.54) is 18.4 Å². The number of anilines is 1. The van der Waals surface area contributed by atoms with E-state index >= 15 is 0 Å². The highest BCUT2D eigenvalue weighted by Crippen LogP contribution is 2.32. The van der Waals surface area contributed by atoms with Gasteiger partial charge in [-0.3, -0.25) is 4.79 Å². The normalized spacial score (nSPS) is 14.2. The summed E-state index contributed by atoms with van der Waals surface area (Å²) in [5.41, 5.74) is 10.6. The lowest BCUT2D eigenvalue weighted by Crippen LogP contribution is -2.25. The molecule has 0 aliphatic heterocycles. The van der Waals surface area contributed by atoms with Gasteiger partial charge in [-0.05, 0) is 37.2 Å². The molecule has 0 radical (unpaired) electrons. The first kappa shape index (κ1) is 16.7. The Morgan fingerprint density at radius 3 is 2.67 bits per heavy atom. The molecule has 24 heavy (non-hydrogen) atoms. The molecule has 0 atom stereocenters.